The monoisotopic (exact) mass is 581 g/mol. The molecule has 4 N–H and O–H groups in total. The van der Waals surface area contributed by atoms with Crippen LogP contribution in [0.1, 0.15) is 55.1 Å². The Kier molecular flexibility index (Phi) is 9.08. The van der Waals surface area contributed by atoms with Crippen molar-refractivity contribution in [2.75, 3.05) is 41.8 Å². The Balaban J connectivity index is 1.58. The zero-order chi connectivity index (χ0) is 29.8. The first-order valence-corrected chi connectivity index (χ1v) is 15.4. The molecule has 0 bridgehead atoms. The summed E-state index contributed by atoms with van der Waals surface area (Å²) in [5.41, 5.74) is 2.32. The highest BCUT2D eigenvalue weighted by atomic mass is 32.2. The summed E-state index contributed by atoms with van der Waals surface area (Å²) >= 11 is 0. The van der Waals surface area contributed by atoms with E-state index in [-0.39, 0.29) is 16.9 Å². The van der Waals surface area contributed by atoms with Gasteiger partial charge in [0.2, 0.25) is 10.0 Å². The van der Waals surface area contributed by atoms with Crippen molar-refractivity contribution < 1.29 is 22.7 Å². The minimum absolute atomic E-state index is 0.214. The molecule has 1 fully saturated rings. The van der Waals surface area contributed by atoms with Gasteiger partial charge in [0.1, 0.15) is 17.3 Å². The highest BCUT2D eigenvalue weighted by molar-refractivity contribution is 7.92. The molecule has 4 rings (SSSR count). The van der Waals surface area contributed by atoms with Crippen LogP contribution in [0, 0.1) is 6.92 Å². The first-order valence-electron chi connectivity index (χ1n) is 13.6. The third-order valence-corrected chi connectivity index (χ3v) is 7.39. The Bertz CT molecular complexity index is 1510. The molecule has 0 unspecified atom stereocenters. The van der Waals surface area contributed by atoms with Gasteiger partial charge in [-0.05, 0) is 79.7 Å². The number of pyridine rings is 1. The van der Waals surface area contributed by atoms with Crippen LogP contribution in [0.3, 0.4) is 0 Å². The summed E-state index contributed by atoms with van der Waals surface area (Å²) in [5.74, 6) is 1.70. The van der Waals surface area contributed by atoms with Crippen molar-refractivity contribution in [2.24, 2.45) is 0 Å². The van der Waals surface area contributed by atoms with Crippen LogP contribution < -0.4 is 30.1 Å². The van der Waals surface area contributed by atoms with E-state index in [1.54, 1.807) is 36.5 Å². The molecule has 2 heterocycles. The lowest BCUT2D eigenvalue weighted by molar-refractivity contribution is 0.102. The van der Waals surface area contributed by atoms with Crippen molar-refractivity contribution >= 4 is 33.1 Å². The van der Waals surface area contributed by atoms with Gasteiger partial charge in [-0.2, -0.15) is 0 Å². The number of hydrogen-bond donors (Lipinski definition) is 4. The zero-order valence-corrected chi connectivity index (χ0v) is 25.2. The van der Waals surface area contributed by atoms with Crippen LogP contribution in [0.5, 0.6) is 17.2 Å². The number of amides is 1. The van der Waals surface area contributed by atoms with E-state index in [1.165, 1.54) is 7.11 Å². The van der Waals surface area contributed by atoms with E-state index in [2.05, 4.69) is 25.7 Å². The van der Waals surface area contributed by atoms with Crippen molar-refractivity contribution in [2.45, 2.75) is 52.0 Å². The second kappa shape index (κ2) is 12.4. The molecule has 1 amide bonds. The van der Waals surface area contributed by atoms with Crippen LogP contribution in [0.25, 0.3) is 0 Å². The molecular formula is C30H39N5O5S. The van der Waals surface area contributed by atoms with Gasteiger partial charge >= 0.3 is 0 Å². The summed E-state index contributed by atoms with van der Waals surface area (Å²) in [5, 5.41) is 9.73. The number of aromatic nitrogens is 1. The van der Waals surface area contributed by atoms with Crippen molar-refractivity contribution in [1.82, 2.24) is 10.3 Å². The van der Waals surface area contributed by atoms with Gasteiger partial charge in [-0.25, -0.2) is 13.4 Å². The van der Waals surface area contributed by atoms with E-state index in [0.717, 1.165) is 49.1 Å². The second-order valence-corrected chi connectivity index (χ2v) is 13.1. The minimum Gasteiger partial charge on any atom is -0.492 e. The number of sulfonamides is 1. The molecule has 1 aromatic heterocycles. The predicted octanol–water partition coefficient (Wildman–Crippen LogP) is 5.28. The fraction of sp³-hybridized carbons (Fsp3) is 0.400. The van der Waals surface area contributed by atoms with Gasteiger partial charge < -0.3 is 25.4 Å². The molecule has 0 spiro atoms. The molecule has 1 aliphatic heterocycles. The number of carbonyl (C=O) groups is 1. The number of nitrogens with zero attached hydrogens (tertiary/aromatic N) is 1. The third kappa shape index (κ3) is 8.11. The molecule has 0 atom stereocenters. The molecule has 11 heteroatoms. The topological polar surface area (TPSA) is 131 Å². The fourth-order valence-electron chi connectivity index (χ4n) is 4.55. The Morgan fingerprint density at radius 1 is 1.05 bits per heavy atom. The van der Waals surface area contributed by atoms with Crippen LogP contribution in [0.15, 0.2) is 48.7 Å². The molecule has 2 aromatic carbocycles. The number of hydrogen-bond acceptors (Lipinski definition) is 8. The molecular weight excluding hydrogens is 542 g/mol. The molecule has 1 saturated heterocycles. The van der Waals surface area contributed by atoms with Gasteiger partial charge in [-0.1, -0.05) is 26.8 Å². The predicted molar refractivity (Wildman–Crippen MR) is 163 cm³/mol. The van der Waals surface area contributed by atoms with Crippen LogP contribution in [-0.2, 0) is 15.4 Å². The van der Waals surface area contributed by atoms with E-state index in [1.807, 2.05) is 39.8 Å². The molecule has 0 saturated carbocycles. The zero-order valence-electron chi connectivity index (χ0n) is 24.4. The summed E-state index contributed by atoms with van der Waals surface area (Å²) < 4.78 is 38.3. The van der Waals surface area contributed by atoms with Crippen LogP contribution in [-0.4, -0.2) is 51.8 Å². The lowest BCUT2D eigenvalue weighted by Crippen LogP contribution is -2.35. The Morgan fingerprint density at radius 3 is 2.41 bits per heavy atom. The SMILES string of the molecule is COc1c(NC(=O)c2ccc(C)c(Oc3ccnc(NC4CCNCC4)c3)c2)cc(C(C)(C)C)cc1NS(C)(=O)=O. The van der Waals surface area contributed by atoms with E-state index in [4.69, 9.17) is 9.47 Å². The van der Waals surface area contributed by atoms with Gasteiger partial charge in [0.15, 0.2) is 5.75 Å². The maximum absolute atomic E-state index is 13.4. The van der Waals surface area contributed by atoms with Gasteiger partial charge in [0.05, 0.1) is 24.7 Å². The van der Waals surface area contributed by atoms with Crippen molar-refractivity contribution in [3.8, 4) is 17.2 Å². The lowest BCUT2D eigenvalue weighted by Gasteiger charge is -2.24. The van der Waals surface area contributed by atoms with Crippen molar-refractivity contribution in [3.63, 3.8) is 0 Å². The van der Waals surface area contributed by atoms with Gasteiger partial charge in [0.25, 0.3) is 5.91 Å². The Labute approximate surface area is 242 Å². The fourth-order valence-corrected chi connectivity index (χ4v) is 5.10. The molecule has 41 heavy (non-hydrogen) atoms. The Morgan fingerprint density at radius 2 is 1.76 bits per heavy atom. The highest BCUT2D eigenvalue weighted by Crippen LogP contribution is 2.39. The maximum atomic E-state index is 13.4. The van der Waals surface area contributed by atoms with Gasteiger partial charge in [-0.3, -0.25) is 9.52 Å². The standard InChI is InChI=1S/C30H39N5O5S/c1-19-7-8-20(15-26(19)40-23-11-14-32-27(18-23)33-22-9-12-31-13-10-22)29(36)34-24-16-21(30(2,3)4)17-25(28(24)39-5)35-41(6,37)38/h7-8,11,14-18,22,31,35H,9-10,12-13H2,1-6H3,(H,32,33)(H,34,36). The molecule has 0 radical (unpaired) electrons. The molecule has 3 aromatic rings. The van der Waals surface area contributed by atoms with Crippen LogP contribution in [0.4, 0.5) is 17.2 Å². The summed E-state index contributed by atoms with van der Waals surface area (Å²) in [6, 6.07) is 12.7. The van der Waals surface area contributed by atoms with E-state index < -0.39 is 15.9 Å². The largest absolute Gasteiger partial charge is 0.492 e. The first-order chi connectivity index (χ1) is 19.3. The number of benzene rings is 2. The number of methoxy groups -OCH3 is 1. The normalized spacial score (nSPS) is 14.3. The summed E-state index contributed by atoms with van der Waals surface area (Å²) in [6.45, 7) is 9.86. The summed E-state index contributed by atoms with van der Waals surface area (Å²) in [4.78, 5) is 17.9. The van der Waals surface area contributed by atoms with Crippen LogP contribution >= 0.6 is 0 Å². The second-order valence-electron chi connectivity index (χ2n) is 11.3. The van der Waals surface area contributed by atoms with E-state index >= 15 is 0 Å². The maximum Gasteiger partial charge on any atom is 0.255 e. The lowest BCUT2D eigenvalue weighted by atomic mass is 9.86. The molecule has 1 aliphatic rings. The average molecular weight is 582 g/mol. The highest BCUT2D eigenvalue weighted by Gasteiger charge is 2.23. The minimum atomic E-state index is -3.59. The van der Waals surface area contributed by atoms with Crippen molar-refractivity contribution in [1.29, 1.82) is 0 Å². The third-order valence-electron chi connectivity index (χ3n) is 6.80. The van der Waals surface area contributed by atoms with Crippen molar-refractivity contribution in [3.05, 3.63) is 65.4 Å². The quantitative estimate of drug-likeness (QED) is 0.269. The summed E-state index contributed by atoms with van der Waals surface area (Å²) in [7, 11) is -2.17. The first kappa shape index (κ1) is 30.1. The number of nitrogens with one attached hydrogen (secondary N) is 4. The number of rotatable bonds is 9. The number of aryl methyl sites for hydroxylation is 1. The number of piperidine rings is 1. The number of carbonyl (C=O) groups excluding carboxylic acids is 1. The average Bonchev–Trinajstić information content (AvgIpc) is 2.89. The van der Waals surface area contributed by atoms with E-state index in [9.17, 15) is 13.2 Å². The number of anilines is 3. The van der Waals surface area contributed by atoms with Gasteiger partial charge in [0, 0.05) is 23.9 Å². The smallest absolute Gasteiger partial charge is 0.255 e. The summed E-state index contributed by atoms with van der Waals surface area (Å²) in [6.07, 6.45) is 4.81. The molecule has 0 aliphatic carbocycles. The van der Waals surface area contributed by atoms with Gasteiger partial charge in [-0.15, -0.1) is 0 Å². The molecule has 220 valence electrons. The van der Waals surface area contributed by atoms with E-state index in [0.29, 0.717) is 28.8 Å². The number of ether oxygens (including phenoxy) is 2. The Hall–Kier alpha value is -3.83. The molecule has 10 nitrogen and oxygen atoms in total. The van der Waals surface area contributed by atoms with Crippen LogP contribution in [0.2, 0.25) is 0 Å².